The van der Waals surface area contributed by atoms with Crippen LogP contribution in [0.25, 0.3) is 0 Å². The van der Waals surface area contributed by atoms with E-state index in [0.29, 0.717) is 6.54 Å². The first-order chi connectivity index (χ1) is 7.30. The normalized spacial score (nSPS) is 11.4. The Hall–Kier alpha value is -1.08. The number of halogens is 1. The predicted molar refractivity (Wildman–Crippen MR) is 58.6 cm³/mol. The van der Waals surface area contributed by atoms with Crippen LogP contribution in [0.5, 0.6) is 0 Å². The fraction of sp³-hybridized carbons (Fsp3) is 0.500. The van der Waals surface area contributed by atoms with Crippen molar-refractivity contribution in [1.82, 2.24) is 14.5 Å². The summed E-state index contributed by atoms with van der Waals surface area (Å²) in [5.41, 5.74) is 0. The van der Waals surface area contributed by atoms with Crippen molar-refractivity contribution >= 4 is 25.6 Å². The number of hydrogen-bond donors (Lipinski definition) is 0. The van der Waals surface area contributed by atoms with E-state index in [2.05, 4.69) is 4.98 Å². The molecule has 0 radical (unpaired) electrons. The Bertz CT molecular complexity index is 480. The largest absolute Gasteiger partial charge is 0.349 e. The second kappa shape index (κ2) is 4.84. The molecule has 0 saturated carbocycles. The fourth-order valence-corrected chi connectivity index (χ4v) is 1.71. The van der Waals surface area contributed by atoms with E-state index in [9.17, 15) is 13.2 Å². The highest BCUT2D eigenvalue weighted by atomic mass is 35.7. The molecule has 8 heteroatoms. The number of nitrogens with zero attached hydrogens (tertiary/aromatic N) is 3. The van der Waals surface area contributed by atoms with Crippen molar-refractivity contribution in [1.29, 1.82) is 0 Å². The molecule has 90 valence electrons. The summed E-state index contributed by atoms with van der Waals surface area (Å²) in [6, 6.07) is 0. The average molecular weight is 266 g/mol. The molecule has 1 heterocycles. The highest BCUT2D eigenvalue weighted by Gasteiger charge is 2.13. The molecule has 0 atom stereocenters. The molecule has 0 fully saturated rings. The van der Waals surface area contributed by atoms with E-state index in [1.807, 2.05) is 0 Å². The van der Waals surface area contributed by atoms with Crippen molar-refractivity contribution in [2.45, 2.75) is 18.0 Å². The zero-order valence-corrected chi connectivity index (χ0v) is 10.5. The molecule has 0 aliphatic rings. The van der Waals surface area contributed by atoms with Gasteiger partial charge in [-0.2, -0.15) is 0 Å². The van der Waals surface area contributed by atoms with Gasteiger partial charge in [0.25, 0.3) is 9.05 Å². The molecular formula is C8H12ClN3O3S. The van der Waals surface area contributed by atoms with Crippen LogP contribution in [0.15, 0.2) is 17.6 Å². The number of hydrogen-bond acceptors (Lipinski definition) is 4. The van der Waals surface area contributed by atoms with E-state index < -0.39 is 9.05 Å². The van der Waals surface area contributed by atoms with Gasteiger partial charge in [-0.1, -0.05) is 0 Å². The Morgan fingerprint density at radius 1 is 1.56 bits per heavy atom. The number of aromatic nitrogens is 2. The Labute approximate surface area is 98.2 Å². The van der Waals surface area contributed by atoms with Crippen LogP contribution in [0.2, 0.25) is 0 Å². The minimum Gasteiger partial charge on any atom is -0.349 e. The lowest BCUT2D eigenvalue weighted by Gasteiger charge is -2.09. The third-order valence-electron chi connectivity index (χ3n) is 1.94. The van der Waals surface area contributed by atoms with Crippen LogP contribution in [0, 0.1) is 0 Å². The lowest BCUT2D eigenvalue weighted by atomic mass is 10.4. The highest BCUT2D eigenvalue weighted by Crippen LogP contribution is 2.11. The molecule has 1 aromatic heterocycles. The third-order valence-corrected chi connectivity index (χ3v) is 3.13. The Morgan fingerprint density at radius 2 is 2.19 bits per heavy atom. The van der Waals surface area contributed by atoms with Gasteiger partial charge in [-0.25, -0.2) is 13.4 Å². The van der Waals surface area contributed by atoms with E-state index in [1.54, 1.807) is 14.1 Å². The Morgan fingerprint density at radius 3 is 2.62 bits per heavy atom. The molecule has 0 aliphatic heterocycles. The maximum absolute atomic E-state index is 11.3. The summed E-state index contributed by atoms with van der Waals surface area (Å²) in [6.45, 7) is 0.371. The van der Waals surface area contributed by atoms with Gasteiger partial charge in [-0.05, 0) is 0 Å². The number of carbonyl (C=O) groups excluding carboxylic acids is 1. The fourth-order valence-electron chi connectivity index (χ4n) is 1.04. The first-order valence-corrected chi connectivity index (χ1v) is 6.78. The molecule has 16 heavy (non-hydrogen) atoms. The molecule has 1 aromatic rings. The van der Waals surface area contributed by atoms with Gasteiger partial charge in [0.15, 0.2) is 5.03 Å². The van der Waals surface area contributed by atoms with Crippen molar-refractivity contribution in [3.8, 4) is 0 Å². The molecular weight excluding hydrogens is 254 g/mol. The minimum atomic E-state index is -3.79. The van der Waals surface area contributed by atoms with Crippen LogP contribution in [-0.2, 0) is 20.4 Å². The summed E-state index contributed by atoms with van der Waals surface area (Å²) >= 11 is 0. The summed E-state index contributed by atoms with van der Waals surface area (Å²) < 4.78 is 23.3. The number of rotatable bonds is 4. The summed E-state index contributed by atoms with van der Waals surface area (Å²) in [7, 11) is 4.63. The number of carbonyl (C=O) groups is 1. The zero-order chi connectivity index (χ0) is 12.3. The Balaban J connectivity index is 2.64. The SMILES string of the molecule is CN(C)C(=O)CCn1cnc(S(=O)(=O)Cl)c1. The van der Waals surface area contributed by atoms with Gasteiger partial charge < -0.3 is 9.47 Å². The Kier molecular flexibility index (Phi) is 3.93. The molecule has 0 N–H and O–H groups in total. The van der Waals surface area contributed by atoms with Crippen LogP contribution >= 0.6 is 10.7 Å². The lowest BCUT2D eigenvalue weighted by molar-refractivity contribution is -0.128. The van der Waals surface area contributed by atoms with Gasteiger partial charge in [-0.15, -0.1) is 0 Å². The molecule has 0 aromatic carbocycles. The summed E-state index contributed by atoms with van der Waals surface area (Å²) in [6.07, 6.45) is 2.91. The molecule has 6 nitrogen and oxygen atoms in total. The molecule has 0 bridgehead atoms. The third kappa shape index (κ3) is 3.49. The van der Waals surface area contributed by atoms with Crippen molar-refractivity contribution < 1.29 is 13.2 Å². The smallest absolute Gasteiger partial charge is 0.280 e. The van der Waals surface area contributed by atoms with Crippen LogP contribution in [0.3, 0.4) is 0 Å². The summed E-state index contributed by atoms with van der Waals surface area (Å²) in [5.74, 6) is -0.0380. The van der Waals surface area contributed by atoms with Gasteiger partial charge >= 0.3 is 0 Å². The lowest BCUT2D eigenvalue weighted by Crippen LogP contribution is -2.22. The van der Waals surface area contributed by atoms with E-state index >= 15 is 0 Å². The molecule has 0 unspecified atom stereocenters. The second-order valence-electron chi connectivity index (χ2n) is 3.43. The van der Waals surface area contributed by atoms with Gasteiger partial charge in [-0.3, -0.25) is 4.79 Å². The number of aryl methyl sites for hydroxylation is 1. The first-order valence-electron chi connectivity index (χ1n) is 4.47. The second-order valence-corrected chi connectivity index (χ2v) is 5.94. The molecule has 1 rings (SSSR count). The number of amides is 1. The van der Waals surface area contributed by atoms with Crippen molar-refractivity contribution in [3.63, 3.8) is 0 Å². The summed E-state index contributed by atoms with van der Waals surface area (Å²) in [4.78, 5) is 16.4. The van der Waals surface area contributed by atoms with Gasteiger partial charge in [0.2, 0.25) is 5.91 Å². The topological polar surface area (TPSA) is 72.3 Å². The molecule has 1 amide bonds. The van der Waals surface area contributed by atoms with E-state index in [4.69, 9.17) is 10.7 Å². The van der Waals surface area contributed by atoms with Crippen LogP contribution in [-0.4, -0.2) is 42.9 Å². The minimum absolute atomic E-state index is 0.0380. The van der Waals surface area contributed by atoms with Gasteiger partial charge in [0.1, 0.15) is 0 Å². The van der Waals surface area contributed by atoms with Crippen LogP contribution < -0.4 is 0 Å². The average Bonchev–Trinajstić information content (AvgIpc) is 2.61. The monoisotopic (exact) mass is 265 g/mol. The maximum Gasteiger partial charge on any atom is 0.280 e. The number of imidazole rings is 1. The van der Waals surface area contributed by atoms with E-state index in [0.717, 1.165) is 0 Å². The standard InChI is InChI=1S/C8H12ClN3O3S/c1-11(2)8(13)3-4-12-5-7(10-6-12)16(9,14)15/h5-6H,3-4H2,1-2H3. The quantitative estimate of drug-likeness (QED) is 0.734. The van der Waals surface area contributed by atoms with Gasteiger partial charge in [0.05, 0.1) is 6.33 Å². The van der Waals surface area contributed by atoms with E-state index in [1.165, 1.54) is 22.0 Å². The highest BCUT2D eigenvalue weighted by molar-refractivity contribution is 8.13. The predicted octanol–water partition coefficient (Wildman–Crippen LogP) is 0.289. The van der Waals surface area contributed by atoms with Crippen molar-refractivity contribution in [2.75, 3.05) is 14.1 Å². The first kappa shape index (κ1) is 13.0. The maximum atomic E-state index is 11.3. The van der Waals surface area contributed by atoms with Crippen molar-refractivity contribution in [3.05, 3.63) is 12.5 Å². The molecule has 0 spiro atoms. The summed E-state index contributed by atoms with van der Waals surface area (Å²) in [5, 5.41) is -0.202. The van der Waals surface area contributed by atoms with Gasteiger partial charge in [0, 0.05) is 43.9 Å². The van der Waals surface area contributed by atoms with Crippen LogP contribution in [0.1, 0.15) is 6.42 Å². The van der Waals surface area contributed by atoms with Crippen LogP contribution in [0.4, 0.5) is 0 Å². The van der Waals surface area contributed by atoms with E-state index in [-0.39, 0.29) is 17.4 Å². The zero-order valence-electron chi connectivity index (χ0n) is 8.92. The molecule has 0 saturated heterocycles. The van der Waals surface area contributed by atoms with Crippen molar-refractivity contribution in [2.24, 2.45) is 0 Å². The molecule has 0 aliphatic carbocycles.